The summed E-state index contributed by atoms with van der Waals surface area (Å²) < 4.78 is 4.14. The fraction of sp³-hybridized carbons (Fsp3) is 0.333. The van der Waals surface area contributed by atoms with Gasteiger partial charge in [0.2, 0.25) is 0 Å². The maximum atomic E-state index is 4.14. The molecular formula is C3H3BrO. The molecule has 5 heavy (non-hydrogen) atoms. The van der Waals surface area contributed by atoms with Crippen molar-refractivity contribution in [2.75, 3.05) is 0 Å². The van der Waals surface area contributed by atoms with E-state index in [1.54, 1.807) is 6.92 Å². The van der Waals surface area contributed by atoms with Crippen LogP contribution in [0.4, 0.5) is 0 Å². The molecule has 0 aliphatic carbocycles. The number of halogens is 1. The van der Waals surface area contributed by atoms with E-state index in [2.05, 4.69) is 32.1 Å². The Morgan fingerprint density at radius 2 is 2.40 bits per heavy atom. The van der Waals surface area contributed by atoms with E-state index in [9.17, 15) is 0 Å². The third kappa shape index (κ3) is 3.84. The first-order valence-corrected chi connectivity index (χ1v) is 1.76. The van der Waals surface area contributed by atoms with Crippen LogP contribution in [0.1, 0.15) is 6.92 Å². The highest BCUT2D eigenvalue weighted by Gasteiger charge is 1.47. The SMILES string of the molecule is CC#COBr. The van der Waals surface area contributed by atoms with E-state index in [0.717, 1.165) is 0 Å². The van der Waals surface area contributed by atoms with Crippen molar-refractivity contribution in [1.82, 2.24) is 0 Å². The van der Waals surface area contributed by atoms with Gasteiger partial charge in [-0.2, -0.15) is 0 Å². The second-order valence-electron chi connectivity index (χ2n) is 0.429. The van der Waals surface area contributed by atoms with Gasteiger partial charge >= 0.3 is 0 Å². The molecule has 0 fully saturated rings. The lowest BCUT2D eigenvalue weighted by Crippen LogP contribution is -1.45. The minimum atomic E-state index is 1.70. The first-order chi connectivity index (χ1) is 2.41. The molecule has 0 unspecified atom stereocenters. The Labute approximate surface area is 39.8 Å². The molecule has 0 aliphatic heterocycles. The maximum Gasteiger partial charge on any atom is 0.193 e. The molecule has 28 valence electrons. The molecule has 0 bridgehead atoms. The van der Waals surface area contributed by atoms with Gasteiger partial charge in [0.05, 0.1) is 0 Å². The molecular weight excluding hydrogens is 132 g/mol. The van der Waals surface area contributed by atoms with Crippen LogP contribution in [0.5, 0.6) is 0 Å². The van der Waals surface area contributed by atoms with E-state index in [4.69, 9.17) is 0 Å². The first-order valence-electron chi connectivity index (χ1n) is 1.11. The molecule has 0 amide bonds. The second-order valence-corrected chi connectivity index (χ2v) is 0.753. The lowest BCUT2D eigenvalue weighted by atomic mass is 10.8. The van der Waals surface area contributed by atoms with Crippen LogP contribution < -0.4 is 0 Å². The predicted molar refractivity (Wildman–Crippen MR) is 23.5 cm³/mol. The van der Waals surface area contributed by atoms with Crippen LogP contribution in [-0.4, -0.2) is 0 Å². The zero-order valence-corrected chi connectivity index (χ0v) is 4.37. The third-order valence-corrected chi connectivity index (χ3v) is 0.303. The highest BCUT2D eigenvalue weighted by molar-refractivity contribution is 9.06. The smallest absolute Gasteiger partial charge is 0.193 e. The molecule has 0 aromatic heterocycles. The van der Waals surface area contributed by atoms with Crippen molar-refractivity contribution in [3.8, 4) is 12.0 Å². The molecule has 0 atom stereocenters. The Balaban J connectivity index is 2.81. The molecule has 0 saturated heterocycles. The molecule has 0 heterocycles. The second kappa shape index (κ2) is 3.84. The Morgan fingerprint density at radius 3 is 2.40 bits per heavy atom. The van der Waals surface area contributed by atoms with E-state index in [0.29, 0.717) is 0 Å². The van der Waals surface area contributed by atoms with Crippen molar-refractivity contribution in [3.05, 3.63) is 0 Å². The van der Waals surface area contributed by atoms with Gasteiger partial charge in [-0.25, -0.2) is 0 Å². The van der Waals surface area contributed by atoms with Gasteiger partial charge in [0.25, 0.3) is 0 Å². The van der Waals surface area contributed by atoms with Gasteiger partial charge in [0.1, 0.15) is 6.11 Å². The topological polar surface area (TPSA) is 9.23 Å². The summed E-state index contributed by atoms with van der Waals surface area (Å²) in [5.41, 5.74) is 0. The van der Waals surface area contributed by atoms with Crippen molar-refractivity contribution in [2.45, 2.75) is 6.92 Å². The quantitative estimate of drug-likeness (QED) is 0.454. The monoisotopic (exact) mass is 134 g/mol. The summed E-state index contributed by atoms with van der Waals surface area (Å²) in [5.74, 6) is 2.50. The van der Waals surface area contributed by atoms with Gasteiger partial charge in [0, 0.05) is 6.92 Å². The fourth-order valence-electron chi connectivity index (χ4n) is 0.0386. The average Bonchev–Trinajstić information content (AvgIpc) is 1.41. The van der Waals surface area contributed by atoms with Crippen LogP contribution >= 0.6 is 16.3 Å². The summed E-state index contributed by atoms with van der Waals surface area (Å²) in [6.07, 6.45) is 2.28. The molecule has 0 aliphatic rings. The summed E-state index contributed by atoms with van der Waals surface area (Å²) in [5, 5.41) is 0. The summed E-state index contributed by atoms with van der Waals surface area (Å²) in [7, 11) is 0. The zero-order chi connectivity index (χ0) is 4.12. The molecule has 0 saturated carbocycles. The zero-order valence-electron chi connectivity index (χ0n) is 2.79. The van der Waals surface area contributed by atoms with Gasteiger partial charge in [-0.15, -0.1) is 0 Å². The summed E-state index contributed by atoms with van der Waals surface area (Å²) >= 11 is 2.64. The molecule has 0 rings (SSSR count). The number of hydrogen-bond donors (Lipinski definition) is 0. The molecule has 0 aromatic rings. The van der Waals surface area contributed by atoms with Gasteiger partial charge < -0.3 is 3.83 Å². The largest absolute Gasteiger partial charge is 0.367 e. The van der Waals surface area contributed by atoms with E-state index < -0.39 is 0 Å². The first kappa shape index (κ1) is 4.84. The third-order valence-electron chi connectivity index (χ3n) is 0.141. The van der Waals surface area contributed by atoms with Crippen molar-refractivity contribution >= 4 is 16.3 Å². The van der Waals surface area contributed by atoms with Crippen LogP contribution in [0.3, 0.4) is 0 Å². The summed E-state index contributed by atoms with van der Waals surface area (Å²) in [6, 6.07) is 0. The fourth-order valence-corrected chi connectivity index (χ4v) is 0.200. The van der Waals surface area contributed by atoms with E-state index >= 15 is 0 Å². The molecule has 0 N–H and O–H groups in total. The maximum absolute atomic E-state index is 4.14. The van der Waals surface area contributed by atoms with Gasteiger partial charge in [-0.05, 0) is 0 Å². The highest BCUT2D eigenvalue weighted by atomic mass is 79.9. The van der Waals surface area contributed by atoms with Crippen molar-refractivity contribution in [2.24, 2.45) is 0 Å². The Morgan fingerprint density at radius 1 is 1.80 bits per heavy atom. The Bertz CT molecular complexity index is 59.0. The molecule has 0 radical (unpaired) electrons. The average molecular weight is 135 g/mol. The highest BCUT2D eigenvalue weighted by Crippen LogP contribution is 1.74. The number of rotatable bonds is 0. The van der Waals surface area contributed by atoms with Crippen LogP contribution in [0.2, 0.25) is 0 Å². The molecule has 0 aromatic carbocycles. The van der Waals surface area contributed by atoms with Gasteiger partial charge in [0.15, 0.2) is 16.3 Å². The Hall–Kier alpha value is -0.160. The van der Waals surface area contributed by atoms with Crippen molar-refractivity contribution in [3.63, 3.8) is 0 Å². The van der Waals surface area contributed by atoms with Crippen LogP contribution in [0.15, 0.2) is 0 Å². The normalized spacial score (nSPS) is 4.40. The minimum absolute atomic E-state index is 1.70. The standard InChI is InChI=1S/C3H3BrO/c1-2-3-5-4/h1H3. The van der Waals surface area contributed by atoms with Crippen LogP contribution in [0.25, 0.3) is 0 Å². The Kier molecular flexibility index (Phi) is 3.72. The van der Waals surface area contributed by atoms with E-state index in [1.165, 1.54) is 0 Å². The summed E-state index contributed by atoms with van der Waals surface area (Å²) in [4.78, 5) is 0. The van der Waals surface area contributed by atoms with Gasteiger partial charge in [-0.1, -0.05) is 5.92 Å². The van der Waals surface area contributed by atoms with Crippen molar-refractivity contribution < 1.29 is 3.83 Å². The van der Waals surface area contributed by atoms with Crippen LogP contribution in [-0.2, 0) is 3.83 Å². The van der Waals surface area contributed by atoms with Crippen LogP contribution in [0, 0.1) is 12.0 Å². The minimum Gasteiger partial charge on any atom is -0.367 e. The number of hydrogen-bond acceptors (Lipinski definition) is 1. The molecule has 1 nitrogen and oxygen atoms in total. The molecule has 0 spiro atoms. The molecule has 2 heteroatoms. The lowest BCUT2D eigenvalue weighted by Gasteiger charge is -1.63. The lowest BCUT2D eigenvalue weighted by molar-refractivity contribution is 0.644. The van der Waals surface area contributed by atoms with E-state index in [-0.39, 0.29) is 0 Å². The summed E-state index contributed by atoms with van der Waals surface area (Å²) in [6.45, 7) is 1.70. The van der Waals surface area contributed by atoms with E-state index in [1.807, 2.05) is 0 Å². The predicted octanol–water partition coefficient (Wildman–Crippen LogP) is 1.29. The van der Waals surface area contributed by atoms with Crippen molar-refractivity contribution in [1.29, 1.82) is 0 Å². The van der Waals surface area contributed by atoms with Gasteiger partial charge in [-0.3, -0.25) is 0 Å².